The molecule has 0 spiro atoms. The molecular weight excluding hydrogens is 1270 g/mol. The van der Waals surface area contributed by atoms with E-state index in [-0.39, 0.29) is 0 Å². The number of hydrogen-bond acceptors (Lipinski definition) is 14. The van der Waals surface area contributed by atoms with Gasteiger partial charge in [0, 0.05) is 152 Å². The van der Waals surface area contributed by atoms with Gasteiger partial charge in [0.25, 0.3) is 0 Å². The van der Waals surface area contributed by atoms with Gasteiger partial charge in [-0.05, 0) is 305 Å². The van der Waals surface area contributed by atoms with Crippen LogP contribution in [0.4, 0.5) is 0 Å². The predicted molar refractivity (Wildman–Crippen MR) is 429 cm³/mol. The first-order valence-electron chi connectivity index (χ1n) is 38.0. The lowest BCUT2D eigenvalue weighted by Gasteiger charge is -2.29. The quantitative estimate of drug-likeness (QED) is 0.0136. The molecule has 8 heterocycles. The first-order valence-corrected chi connectivity index (χ1v) is 38.0. The van der Waals surface area contributed by atoms with Gasteiger partial charge in [0.15, 0.2) is 0 Å². The zero-order chi connectivity index (χ0) is 70.3. The summed E-state index contributed by atoms with van der Waals surface area (Å²) in [7, 11) is 0. The molecule has 102 heavy (non-hydrogen) atoms. The van der Waals surface area contributed by atoms with Crippen LogP contribution in [0.5, 0.6) is 0 Å². The van der Waals surface area contributed by atoms with Crippen LogP contribution in [0.25, 0.3) is 0 Å². The average Bonchev–Trinajstić information content (AvgIpc) is 3.37. The molecule has 8 aromatic heterocycles. The Morgan fingerprint density at radius 2 is 0.304 bits per heavy atom. The largest absolute Gasteiger partial charge is 0.360 e. The van der Waals surface area contributed by atoms with Crippen LogP contribution in [0.15, 0.2) is 187 Å². The molecule has 0 saturated heterocycles. The smallest absolute Gasteiger partial charge is 0.0561 e. The fourth-order valence-electron chi connectivity index (χ4n) is 12.5. The lowest BCUT2D eigenvalue weighted by Crippen LogP contribution is -2.36. The molecule has 8 N–H and O–H groups in total. The number of nitrogens with zero attached hydrogens (tertiary/aromatic N) is 14. The maximum Gasteiger partial charge on any atom is 0.0561 e. The summed E-state index contributed by atoms with van der Waals surface area (Å²) in [6.07, 6.45) is 46.3. The monoisotopic (exact) mass is 1390 g/mol. The van der Waals surface area contributed by atoms with E-state index in [1.165, 1.54) is 0 Å². The maximum absolute atomic E-state index is 4.79. The second-order valence-electron chi connectivity index (χ2n) is 26.3. The van der Waals surface area contributed by atoms with Crippen LogP contribution in [-0.4, -0.2) is 289 Å². The van der Waals surface area contributed by atoms with Gasteiger partial charge in [-0.2, -0.15) is 0 Å². The summed E-state index contributed by atoms with van der Waals surface area (Å²) in [6.45, 7) is 25.3. The molecule has 22 nitrogen and oxygen atoms in total. The molecule has 0 aliphatic heterocycles. The van der Waals surface area contributed by atoms with Crippen LogP contribution in [0.1, 0.15) is 135 Å². The second-order valence-corrected chi connectivity index (χ2v) is 26.3. The van der Waals surface area contributed by atoms with E-state index in [4.69, 9.17) is 39.9 Å². The van der Waals surface area contributed by atoms with Crippen molar-refractivity contribution in [3.05, 3.63) is 192 Å². The van der Waals surface area contributed by atoms with E-state index < -0.39 is 0 Å². The van der Waals surface area contributed by atoms with Crippen molar-refractivity contribution in [3.63, 3.8) is 0 Å². The van der Waals surface area contributed by atoms with Gasteiger partial charge in [-0.15, -0.1) is 0 Å². The second kappa shape index (κ2) is 52.3. The van der Waals surface area contributed by atoms with Gasteiger partial charge < -0.3 is 69.3 Å². The zero-order valence-electron chi connectivity index (χ0n) is 61.0. The van der Waals surface area contributed by atoms with Crippen LogP contribution < -0.4 is 0 Å². The van der Waals surface area contributed by atoms with Crippen molar-refractivity contribution in [2.24, 2.45) is 39.9 Å². The fourth-order valence-corrected chi connectivity index (χ4v) is 12.5. The van der Waals surface area contributed by atoms with Crippen LogP contribution >= 0.6 is 0 Å². The van der Waals surface area contributed by atoms with Crippen LogP contribution in [0.2, 0.25) is 0 Å². The van der Waals surface area contributed by atoms with E-state index >= 15 is 0 Å². The van der Waals surface area contributed by atoms with E-state index in [0.717, 1.165) is 306 Å². The van der Waals surface area contributed by atoms with Crippen molar-refractivity contribution in [1.82, 2.24) is 69.3 Å². The van der Waals surface area contributed by atoms with Gasteiger partial charge in [-0.1, -0.05) is 0 Å². The lowest BCUT2D eigenvalue weighted by molar-refractivity contribution is 0.191. The minimum absolute atomic E-state index is 0.806. The van der Waals surface area contributed by atoms with Crippen molar-refractivity contribution in [2.45, 2.75) is 89.9 Å². The number of unbranched alkanes of at least 4 members (excludes halogenated alkanes) is 1. The summed E-state index contributed by atoms with van der Waals surface area (Å²) < 4.78 is 0. The van der Waals surface area contributed by atoms with Gasteiger partial charge in [0.05, 0.1) is 45.6 Å². The van der Waals surface area contributed by atoms with Gasteiger partial charge in [0.2, 0.25) is 0 Å². The lowest BCUT2D eigenvalue weighted by atomic mass is 10.2. The molecule has 8 rings (SSSR count). The number of hydrogen-bond donors (Lipinski definition) is 8. The summed E-state index contributed by atoms with van der Waals surface area (Å²) in [5.74, 6) is 0. The maximum atomic E-state index is 4.79. The summed E-state index contributed by atoms with van der Waals surface area (Å²) in [4.78, 5) is 80.6. The molecule has 550 valence electrons. The van der Waals surface area contributed by atoms with E-state index in [9.17, 15) is 0 Å². The van der Waals surface area contributed by atoms with Crippen LogP contribution in [0, 0.1) is 0 Å². The van der Waals surface area contributed by atoms with E-state index in [1.54, 1.807) is 0 Å². The normalized spacial score (nSPS) is 12.7. The number of nitrogens with one attached hydrogen (secondary N) is 8. The van der Waals surface area contributed by atoms with Crippen molar-refractivity contribution in [3.8, 4) is 0 Å². The molecule has 0 aliphatic carbocycles. The molecule has 0 aromatic carbocycles. The van der Waals surface area contributed by atoms with Gasteiger partial charge in [-0.25, -0.2) is 0 Å². The molecule has 0 amide bonds. The molecule has 0 saturated carbocycles. The average molecular weight is 1390 g/mol. The molecular formula is C80H120N22. The fraction of sp³-hybridized carbons (Fsp3) is 0.500. The first-order chi connectivity index (χ1) is 50.6. The minimum Gasteiger partial charge on any atom is -0.360 e. The zero-order valence-corrected chi connectivity index (χ0v) is 61.0. The molecule has 0 aliphatic rings. The SMILES string of the molecule is C(=NCCCN(CCCN=Cc1ccc[nH]1)CCCN(CCCCN(CCCN(CCCN=Cc1ccc[nH]1)CCCN=Cc1ccc[nH]1)CCCN(CCCN=Cc1ccc[nH]1)CCCN=Cc1ccc[nH]1)CCCN(CCCN=Cc1ccc[nH]1)CCCN=Cc1ccc[nH]1)c1ccc[nH]1. The molecule has 0 fully saturated rings. The van der Waals surface area contributed by atoms with Crippen molar-refractivity contribution in [2.75, 3.05) is 170 Å². The standard InChI is InChI=1S/C80H120N22/c1(47-97(57-19-61-99(49-11-31-81-65-73-23-3-39-89-73)50-12-32-82-66-74-24-4-40-90-74)58-20-62-100(51-13-33-83-67-75-25-5-41-91-75)52-14-34-84-68-76-26-6-42-92-76)2-48-98(59-21-63-101(53-15-35-85-69-77-27-7-43-93-77)54-16-36-86-70-78-28-8-44-94-78)60-22-64-102(55-17-37-87-71-79-29-9-45-95-79)56-18-38-88-72-80-30-10-46-96-80/h3-10,23-30,39-46,65-72,89-96H,1-2,11-22,31-38,47-64H2. The van der Waals surface area contributed by atoms with Gasteiger partial charge in [-0.3, -0.25) is 39.9 Å². The Bertz CT molecular complexity index is 2740. The molecule has 22 heteroatoms. The van der Waals surface area contributed by atoms with Crippen LogP contribution in [-0.2, 0) is 0 Å². The Morgan fingerprint density at radius 1 is 0.176 bits per heavy atom. The summed E-state index contributed by atoms with van der Waals surface area (Å²) in [5.41, 5.74) is 8.38. The van der Waals surface area contributed by atoms with Crippen LogP contribution in [0.3, 0.4) is 0 Å². The molecule has 8 aromatic rings. The summed E-state index contributed by atoms with van der Waals surface area (Å²) in [5, 5.41) is 0. The molecule has 0 atom stereocenters. The first kappa shape index (κ1) is 79.1. The molecule has 0 radical (unpaired) electrons. The third-order valence-electron chi connectivity index (χ3n) is 17.9. The predicted octanol–water partition coefficient (Wildman–Crippen LogP) is 11.8. The van der Waals surface area contributed by atoms with Gasteiger partial charge >= 0.3 is 0 Å². The highest BCUT2D eigenvalue weighted by atomic mass is 15.2. The highest BCUT2D eigenvalue weighted by Gasteiger charge is 2.15. The Hall–Kier alpha value is -8.64. The molecule has 0 unspecified atom stereocenters. The number of aromatic nitrogens is 8. The summed E-state index contributed by atoms with van der Waals surface area (Å²) in [6, 6.07) is 32.7. The number of aromatic amines is 8. The summed E-state index contributed by atoms with van der Waals surface area (Å²) >= 11 is 0. The van der Waals surface area contributed by atoms with Crippen molar-refractivity contribution in [1.29, 1.82) is 0 Å². The number of rotatable bonds is 61. The van der Waals surface area contributed by atoms with Gasteiger partial charge in [0.1, 0.15) is 0 Å². The highest BCUT2D eigenvalue weighted by molar-refractivity contribution is 5.80. The Balaban J connectivity index is 0.917. The Morgan fingerprint density at radius 3 is 0.431 bits per heavy atom. The Labute approximate surface area is 608 Å². The third kappa shape index (κ3) is 36.8. The Kier molecular flexibility index (Phi) is 40.6. The van der Waals surface area contributed by atoms with E-state index in [2.05, 4.69) is 118 Å². The third-order valence-corrected chi connectivity index (χ3v) is 17.9. The topological polar surface area (TPSA) is 245 Å². The van der Waals surface area contributed by atoms with Crippen molar-refractivity contribution >= 4 is 49.7 Å². The molecule has 0 bridgehead atoms. The highest BCUT2D eigenvalue weighted by Crippen LogP contribution is 2.11. The minimum atomic E-state index is 0.806. The van der Waals surface area contributed by atoms with E-state index in [0.29, 0.717) is 0 Å². The van der Waals surface area contributed by atoms with E-state index in [1.807, 2.05) is 148 Å². The number of H-pyrrole nitrogens is 8. The number of aliphatic imine (C=N–C) groups is 8. The van der Waals surface area contributed by atoms with Crippen molar-refractivity contribution < 1.29 is 0 Å².